The van der Waals surface area contributed by atoms with E-state index in [1.54, 1.807) is 0 Å². The Kier molecular flexibility index (Phi) is 3.91. The lowest BCUT2D eigenvalue weighted by Crippen LogP contribution is -2.00. The topological polar surface area (TPSA) is 24.9 Å². The van der Waals surface area contributed by atoms with Crippen molar-refractivity contribution in [1.29, 1.82) is 0 Å². The second-order valence-corrected chi connectivity index (χ2v) is 5.13. The van der Waals surface area contributed by atoms with Crippen LogP contribution in [0.3, 0.4) is 0 Å². The Morgan fingerprint density at radius 2 is 1.67 bits per heavy atom. The van der Waals surface area contributed by atoms with Crippen molar-refractivity contribution in [2.45, 2.75) is 0 Å². The van der Waals surface area contributed by atoms with E-state index in [-0.39, 0.29) is 16.0 Å². The van der Waals surface area contributed by atoms with E-state index in [4.69, 9.17) is 0 Å². The monoisotopic (exact) mass is 380 g/mol. The summed E-state index contributed by atoms with van der Waals surface area (Å²) in [6.07, 6.45) is 1.36. The molecule has 2 aromatic rings. The molecule has 0 aliphatic carbocycles. The zero-order valence-corrected chi connectivity index (χ0v) is 11.8. The van der Waals surface area contributed by atoms with E-state index < -0.39 is 17.5 Å². The number of halogens is 5. The standard InChI is InChI=1S/C11H5Br2F3N2/c12-5-1-9(16)11(17-4-5)18-10-2-6(13)7(14)3-8(10)15/h1-4H,(H,17,18). The average molecular weight is 382 g/mol. The number of anilines is 2. The fourth-order valence-electron chi connectivity index (χ4n) is 1.25. The van der Waals surface area contributed by atoms with Crippen LogP contribution in [0.2, 0.25) is 0 Å². The maximum Gasteiger partial charge on any atom is 0.166 e. The van der Waals surface area contributed by atoms with Crippen molar-refractivity contribution in [3.8, 4) is 0 Å². The molecule has 0 saturated carbocycles. The summed E-state index contributed by atoms with van der Waals surface area (Å²) in [4.78, 5) is 3.76. The third kappa shape index (κ3) is 2.84. The Labute approximate surface area is 117 Å². The highest BCUT2D eigenvalue weighted by atomic mass is 79.9. The van der Waals surface area contributed by atoms with Gasteiger partial charge < -0.3 is 5.32 Å². The molecule has 0 bridgehead atoms. The molecule has 18 heavy (non-hydrogen) atoms. The minimum atomic E-state index is -0.834. The zero-order valence-electron chi connectivity index (χ0n) is 8.65. The highest BCUT2D eigenvalue weighted by molar-refractivity contribution is 9.10. The fourth-order valence-corrected chi connectivity index (χ4v) is 1.90. The van der Waals surface area contributed by atoms with Gasteiger partial charge in [0.25, 0.3) is 0 Å². The SMILES string of the molecule is Fc1cc(F)c(Nc2ncc(Br)cc2F)cc1Br. The van der Waals surface area contributed by atoms with Crippen LogP contribution in [0.1, 0.15) is 0 Å². The summed E-state index contributed by atoms with van der Waals surface area (Å²) in [6, 6.07) is 3.06. The third-order valence-electron chi connectivity index (χ3n) is 2.07. The molecular formula is C11H5Br2F3N2. The maximum absolute atomic E-state index is 13.5. The van der Waals surface area contributed by atoms with Gasteiger partial charge >= 0.3 is 0 Å². The molecule has 0 radical (unpaired) electrons. The minimum Gasteiger partial charge on any atom is -0.335 e. The predicted octanol–water partition coefficient (Wildman–Crippen LogP) is 4.77. The van der Waals surface area contributed by atoms with Crippen LogP contribution in [-0.2, 0) is 0 Å². The summed E-state index contributed by atoms with van der Waals surface area (Å²) in [6.45, 7) is 0. The smallest absolute Gasteiger partial charge is 0.166 e. The lowest BCUT2D eigenvalue weighted by molar-refractivity contribution is 0.581. The van der Waals surface area contributed by atoms with E-state index in [9.17, 15) is 13.2 Å². The number of benzene rings is 1. The molecule has 7 heteroatoms. The number of hydrogen-bond acceptors (Lipinski definition) is 2. The molecule has 0 atom stereocenters. The van der Waals surface area contributed by atoms with Gasteiger partial charge in [0.1, 0.15) is 11.6 Å². The largest absolute Gasteiger partial charge is 0.335 e. The first-order valence-corrected chi connectivity index (χ1v) is 6.28. The van der Waals surface area contributed by atoms with Crippen molar-refractivity contribution in [2.24, 2.45) is 0 Å². The Hall–Kier alpha value is -1.08. The summed E-state index contributed by atoms with van der Waals surface area (Å²) in [7, 11) is 0. The molecule has 0 spiro atoms. The van der Waals surface area contributed by atoms with E-state index in [2.05, 4.69) is 42.2 Å². The average Bonchev–Trinajstić information content (AvgIpc) is 2.29. The van der Waals surface area contributed by atoms with Crippen LogP contribution in [0, 0.1) is 17.5 Å². The molecule has 0 saturated heterocycles. The van der Waals surface area contributed by atoms with Gasteiger partial charge in [-0.15, -0.1) is 0 Å². The quantitative estimate of drug-likeness (QED) is 0.758. The Balaban J connectivity index is 2.37. The molecule has 94 valence electrons. The minimum absolute atomic E-state index is 0.0722. The Morgan fingerprint density at radius 1 is 0.944 bits per heavy atom. The summed E-state index contributed by atoms with van der Waals surface area (Å²) < 4.78 is 40.5. The van der Waals surface area contributed by atoms with Crippen LogP contribution in [0.25, 0.3) is 0 Å². The highest BCUT2D eigenvalue weighted by Gasteiger charge is 2.11. The molecule has 2 rings (SSSR count). The van der Waals surface area contributed by atoms with Crippen LogP contribution < -0.4 is 5.32 Å². The molecular weight excluding hydrogens is 377 g/mol. The van der Waals surface area contributed by atoms with Gasteiger partial charge in [-0.1, -0.05) is 0 Å². The van der Waals surface area contributed by atoms with E-state index >= 15 is 0 Å². The van der Waals surface area contributed by atoms with Crippen molar-refractivity contribution in [3.05, 3.63) is 50.8 Å². The molecule has 0 aliphatic heterocycles. The van der Waals surface area contributed by atoms with Gasteiger partial charge in [-0.25, -0.2) is 18.2 Å². The molecule has 1 heterocycles. The number of hydrogen-bond donors (Lipinski definition) is 1. The van der Waals surface area contributed by atoms with E-state index in [1.807, 2.05) is 0 Å². The summed E-state index contributed by atoms with van der Waals surface area (Å²) in [5, 5.41) is 2.46. The van der Waals surface area contributed by atoms with Crippen molar-refractivity contribution < 1.29 is 13.2 Å². The second kappa shape index (κ2) is 5.27. The van der Waals surface area contributed by atoms with Crippen molar-refractivity contribution in [1.82, 2.24) is 4.98 Å². The van der Waals surface area contributed by atoms with Crippen LogP contribution in [-0.4, -0.2) is 4.98 Å². The molecule has 0 amide bonds. The summed E-state index contributed by atoms with van der Waals surface area (Å²) in [5.74, 6) is -2.36. The predicted molar refractivity (Wildman–Crippen MR) is 69.2 cm³/mol. The van der Waals surface area contributed by atoms with Crippen molar-refractivity contribution >= 4 is 43.4 Å². The number of aromatic nitrogens is 1. The lowest BCUT2D eigenvalue weighted by atomic mass is 10.3. The number of nitrogens with zero attached hydrogens (tertiary/aromatic N) is 1. The zero-order chi connectivity index (χ0) is 13.3. The van der Waals surface area contributed by atoms with Crippen LogP contribution in [0.5, 0.6) is 0 Å². The lowest BCUT2D eigenvalue weighted by Gasteiger charge is -2.08. The first-order valence-electron chi connectivity index (χ1n) is 4.70. The molecule has 0 fully saturated rings. The molecule has 2 nitrogen and oxygen atoms in total. The van der Waals surface area contributed by atoms with Gasteiger partial charge in [0.05, 0.1) is 10.2 Å². The normalized spacial score (nSPS) is 10.5. The van der Waals surface area contributed by atoms with E-state index in [0.717, 1.165) is 0 Å². The first-order chi connectivity index (χ1) is 8.47. The molecule has 1 N–H and O–H groups in total. The third-order valence-corrected chi connectivity index (χ3v) is 3.11. The van der Waals surface area contributed by atoms with Gasteiger partial charge in [0.2, 0.25) is 0 Å². The molecule has 1 aromatic heterocycles. The Morgan fingerprint density at radius 3 is 2.33 bits per heavy atom. The van der Waals surface area contributed by atoms with Crippen molar-refractivity contribution in [2.75, 3.05) is 5.32 Å². The number of nitrogens with one attached hydrogen (secondary N) is 1. The van der Waals surface area contributed by atoms with Gasteiger partial charge in [0.15, 0.2) is 11.6 Å². The molecule has 0 unspecified atom stereocenters. The van der Waals surface area contributed by atoms with Crippen LogP contribution in [0.15, 0.2) is 33.3 Å². The van der Waals surface area contributed by atoms with Gasteiger partial charge in [0, 0.05) is 16.7 Å². The molecule has 0 aliphatic rings. The van der Waals surface area contributed by atoms with Crippen LogP contribution in [0.4, 0.5) is 24.7 Å². The number of pyridine rings is 1. The molecule has 1 aromatic carbocycles. The maximum atomic E-state index is 13.5. The van der Waals surface area contributed by atoms with Gasteiger partial charge in [-0.2, -0.15) is 0 Å². The van der Waals surface area contributed by atoms with Gasteiger partial charge in [-0.05, 0) is 44.0 Å². The van der Waals surface area contributed by atoms with Crippen molar-refractivity contribution in [3.63, 3.8) is 0 Å². The summed E-state index contributed by atoms with van der Waals surface area (Å²) in [5.41, 5.74) is -0.0722. The highest BCUT2D eigenvalue weighted by Crippen LogP contribution is 2.27. The fraction of sp³-hybridized carbons (Fsp3) is 0. The van der Waals surface area contributed by atoms with E-state index in [1.165, 1.54) is 18.3 Å². The van der Waals surface area contributed by atoms with Crippen LogP contribution >= 0.6 is 31.9 Å². The number of rotatable bonds is 2. The van der Waals surface area contributed by atoms with E-state index in [0.29, 0.717) is 10.5 Å². The summed E-state index contributed by atoms with van der Waals surface area (Å²) >= 11 is 5.98. The Bertz CT molecular complexity index is 605. The van der Waals surface area contributed by atoms with Gasteiger partial charge in [-0.3, -0.25) is 0 Å². The first kappa shape index (κ1) is 13.4. The second-order valence-electron chi connectivity index (χ2n) is 3.36.